The fourth-order valence-corrected chi connectivity index (χ4v) is 2.40. The van der Waals surface area contributed by atoms with Crippen molar-refractivity contribution in [1.82, 2.24) is 9.47 Å². The predicted octanol–water partition coefficient (Wildman–Crippen LogP) is 0.238. The van der Waals surface area contributed by atoms with E-state index in [1.807, 2.05) is 29.9 Å². The van der Waals surface area contributed by atoms with Gasteiger partial charge in [-0.1, -0.05) is 0 Å². The molecule has 2 radical (unpaired) electrons. The van der Waals surface area contributed by atoms with Gasteiger partial charge in [0.2, 0.25) is 7.98 Å². The molecule has 1 aliphatic heterocycles. The second-order valence-corrected chi connectivity index (χ2v) is 4.56. The smallest absolute Gasteiger partial charge is 0.228 e. The molecule has 0 aliphatic carbocycles. The van der Waals surface area contributed by atoms with Gasteiger partial charge in [-0.3, -0.25) is 0 Å². The van der Waals surface area contributed by atoms with Gasteiger partial charge in [0, 0.05) is 19.3 Å². The summed E-state index contributed by atoms with van der Waals surface area (Å²) in [5.41, 5.74) is -0.457. The van der Waals surface area contributed by atoms with Crippen LogP contribution in [0.5, 0.6) is 0 Å². The lowest BCUT2D eigenvalue weighted by Crippen LogP contribution is -2.39. The Morgan fingerprint density at radius 2 is 2.38 bits per heavy atom. The Hall–Kier alpha value is -1.23. The topological polar surface area (TPSA) is 28.5 Å². The third-order valence-electron chi connectivity index (χ3n) is 3.26. The van der Waals surface area contributed by atoms with Crippen molar-refractivity contribution >= 4 is 20.1 Å². The van der Waals surface area contributed by atoms with E-state index in [0.717, 1.165) is 31.6 Å². The summed E-state index contributed by atoms with van der Waals surface area (Å²) in [6, 6.07) is 3.84. The number of carbonyl (C=O) groups is 1. The maximum absolute atomic E-state index is 11.4. The van der Waals surface area contributed by atoms with Crippen molar-refractivity contribution in [3.05, 3.63) is 18.3 Å². The third kappa shape index (κ3) is 1.65. The lowest BCUT2D eigenvalue weighted by molar-refractivity contribution is -0.114. The molecule has 0 spiro atoms. The molecule has 0 bridgehead atoms. The van der Waals surface area contributed by atoms with Gasteiger partial charge in [-0.15, -0.1) is 0 Å². The summed E-state index contributed by atoms with van der Waals surface area (Å²) in [5.74, 6) is 0.863. The zero-order chi connectivity index (χ0) is 11.8. The lowest BCUT2D eigenvalue weighted by Gasteiger charge is -2.29. The Morgan fingerprint density at radius 1 is 1.62 bits per heavy atom. The van der Waals surface area contributed by atoms with Gasteiger partial charge in [0.05, 0.1) is 5.82 Å². The highest BCUT2D eigenvalue weighted by Gasteiger charge is 2.39. The first-order valence-corrected chi connectivity index (χ1v) is 5.40. The van der Waals surface area contributed by atoms with E-state index in [4.69, 9.17) is 7.98 Å². The number of nitrogens with zero attached hydrogens (tertiary/aromatic N) is 3. The van der Waals surface area contributed by atoms with Crippen LogP contribution in [0.15, 0.2) is 18.3 Å². The molecule has 2 rings (SSSR count). The molecule has 1 fully saturated rings. The van der Waals surface area contributed by atoms with Gasteiger partial charge >= 0.3 is 0 Å². The van der Waals surface area contributed by atoms with Crippen molar-refractivity contribution in [3.8, 4) is 0 Å². The van der Waals surface area contributed by atoms with Crippen LogP contribution in [-0.4, -0.2) is 50.9 Å². The van der Waals surface area contributed by atoms with Crippen molar-refractivity contribution in [2.45, 2.75) is 12.0 Å². The fourth-order valence-electron chi connectivity index (χ4n) is 2.40. The summed E-state index contributed by atoms with van der Waals surface area (Å²) >= 11 is 0. The molecule has 84 valence electrons. The normalized spacial score (nSPS) is 25.9. The average Bonchev–Trinajstić information content (AvgIpc) is 2.84. The molecule has 1 aromatic heterocycles. The number of hydrogen-bond donors (Lipinski definition) is 0. The van der Waals surface area contributed by atoms with E-state index in [1.165, 1.54) is 0 Å². The fraction of sp³-hybridized carbons (Fsp3) is 0.545. The molecule has 2 heterocycles. The molecular weight excluding hydrogens is 201 g/mol. The van der Waals surface area contributed by atoms with E-state index in [2.05, 4.69) is 4.90 Å². The van der Waals surface area contributed by atoms with Gasteiger partial charge in [-0.25, -0.2) is 0 Å². The molecular formula is C11H16BN3O. The van der Waals surface area contributed by atoms with E-state index in [0.29, 0.717) is 0 Å². The monoisotopic (exact) mass is 217 g/mol. The second-order valence-electron chi connectivity index (χ2n) is 4.56. The second kappa shape index (κ2) is 3.98. The number of hydrogen-bond acceptors (Lipinski definition) is 3. The minimum absolute atomic E-state index is 0.457. The van der Waals surface area contributed by atoms with Gasteiger partial charge in [0.15, 0.2) is 0 Å². The number of likely N-dealkylation sites (N-methyl/N-ethyl adjacent to an activating group) is 1. The highest BCUT2D eigenvalue weighted by molar-refractivity contribution is 6.17. The number of aromatic nitrogens is 1. The van der Waals surface area contributed by atoms with Crippen LogP contribution in [0.1, 0.15) is 6.42 Å². The Bertz CT molecular complexity index is 390. The first kappa shape index (κ1) is 11.3. The van der Waals surface area contributed by atoms with Crippen LogP contribution in [0, 0.1) is 0 Å². The van der Waals surface area contributed by atoms with Gasteiger partial charge < -0.3 is 19.1 Å². The van der Waals surface area contributed by atoms with Gasteiger partial charge in [0.1, 0.15) is 11.8 Å². The average molecular weight is 217 g/mol. The Balaban J connectivity index is 2.41. The van der Waals surface area contributed by atoms with Crippen LogP contribution in [0.2, 0.25) is 0 Å². The largest absolute Gasteiger partial charge is 0.414 e. The summed E-state index contributed by atoms with van der Waals surface area (Å²) in [5, 5.41) is 0. The Labute approximate surface area is 97.3 Å². The summed E-state index contributed by atoms with van der Waals surface area (Å²) in [4.78, 5) is 15.1. The molecule has 16 heavy (non-hydrogen) atoms. The van der Waals surface area contributed by atoms with E-state index in [1.54, 1.807) is 11.9 Å². The first-order chi connectivity index (χ1) is 7.59. The predicted molar refractivity (Wildman–Crippen MR) is 64.7 cm³/mol. The maximum atomic E-state index is 11.4. The molecule has 1 aliphatic rings. The minimum atomic E-state index is -0.457. The van der Waals surface area contributed by atoms with Gasteiger partial charge in [-0.2, -0.15) is 0 Å². The molecule has 1 aromatic rings. The molecule has 5 heteroatoms. The molecule has 0 amide bonds. The molecule has 0 aromatic carbocycles. The van der Waals surface area contributed by atoms with E-state index >= 15 is 0 Å². The number of anilines is 1. The molecule has 4 nitrogen and oxygen atoms in total. The molecule has 1 saturated heterocycles. The quantitative estimate of drug-likeness (QED) is 0.536. The van der Waals surface area contributed by atoms with E-state index < -0.39 is 5.54 Å². The summed E-state index contributed by atoms with van der Waals surface area (Å²) in [7, 11) is 9.57. The van der Waals surface area contributed by atoms with Crippen LogP contribution < -0.4 is 4.81 Å². The lowest BCUT2D eigenvalue weighted by atomic mass is 10.0. The van der Waals surface area contributed by atoms with Crippen LogP contribution in [0.4, 0.5) is 5.82 Å². The Morgan fingerprint density at radius 3 is 2.88 bits per heavy atom. The molecule has 1 atom stereocenters. The van der Waals surface area contributed by atoms with Crippen LogP contribution in [-0.2, 0) is 10.3 Å². The number of carbonyl (C=O) groups excluding carboxylic acids is 1. The van der Waals surface area contributed by atoms with Gasteiger partial charge in [-0.05, 0) is 32.6 Å². The van der Waals surface area contributed by atoms with Crippen molar-refractivity contribution in [2.24, 2.45) is 0 Å². The number of aldehydes is 1. The van der Waals surface area contributed by atoms with Crippen molar-refractivity contribution in [2.75, 3.05) is 32.0 Å². The van der Waals surface area contributed by atoms with Crippen molar-refractivity contribution < 1.29 is 4.79 Å². The van der Waals surface area contributed by atoms with E-state index in [9.17, 15) is 4.79 Å². The summed E-state index contributed by atoms with van der Waals surface area (Å²) in [6.07, 6.45) is 3.80. The molecule has 0 N–H and O–H groups in total. The third-order valence-corrected chi connectivity index (χ3v) is 3.26. The zero-order valence-electron chi connectivity index (χ0n) is 9.76. The minimum Gasteiger partial charge on any atom is -0.414 e. The Kier molecular flexibility index (Phi) is 2.80. The summed E-state index contributed by atoms with van der Waals surface area (Å²) < 4.78 is 1.98. The van der Waals surface area contributed by atoms with Crippen molar-refractivity contribution in [1.29, 1.82) is 0 Å². The van der Waals surface area contributed by atoms with Crippen molar-refractivity contribution in [3.63, 3.8) is 0 Å². The van der Waals surface area contributed by atoms with E-state index in [-0.39, 0.29) is 0 Å². The summed E-state index contributed by atoms with van der Waals surface area (Å²) in [6.45, 7) is 1.68. The zero-order valence-corrected chi connectivity index (χ0v) is 9.76. The SMILES string of the molecule is [B]N(C)c1cccn1C1(C=O)CCN(C)C1. The van der Waals surface area contributed by atoms with Crippen LogP contribution in [0.25, 0.3) is 0 Å². The highest BCUT2D eigenvalue weighted by Crippen LogP contribution is 2.30. The number of likely N-dealkylation sites (tertiary alicyclic amines) is 1. The molecule has 1 unspecified atom stereocenters. The maximum Gasteiger partial charge on any atom is 0.228 e. The number of rotatable bonds is 3. The first-order valence-electron chi connectivity index (χ1n) is 5.40. The standard InChI is InChI=1S/C11H16BN3O/c1-13-7-5-11(8-13,9-16)15-6-3-4-10(15)14(2)12/h3-4,6,9H,5,7-8H2,1-2H3. The highest BCUT2D eigenvalue weighted by atomic mass is 16.1. The van der Waals surface area contributed by atoms with Crippen LogP contribution >= 0.6 is 0 Å². The van der Waals surface area contributed by atoms with Crippen LogP contribution in [0.3, 0.4) is 0 Å². The molecule has 0 saturated carbocycles. The van der Waals surface area contributed by atoms with Gasteiger partial charge in [0.25, 0.3) is 0 Å².